The summed E-state index contributed by atoms with van der Waals surface area (Å²) in [5, 5.41) is 0. The van der Waals surface area contributed by atoms with Crippen LogP contribution in [0.25, 0.3) is 0 Å². The lowest BCUT2D eigenvalue weighted by Gasteiger charge is -2.46. The van der Waals surface area contributed by atoms with Gasteiger partial charge in [-0.1, -0.05) is 49.0 Å². The molecular weight excluding hydrogens is 240 g/mol. The van der Waals surface area contributed by atoms with Gasteiger partial charge in [-0.15, -0.1) is 0 Å². The first-order valence-corrected chi connectivity index (χ1v) is 9.02. The first-order valence-electron chi connectivity index (χ1n) is 9.02. The Bertz CT molecular complexity index is 193. The van der Waals surface area contributed by atoms with Crippen LogP contribution in [0.4, 0.5) is 0 Å². The topological polar surface area (TPSA) is 0 Å². The molecule has 2 aliphatic rings. The third-order valence-corrected chi connectivity index (χ3v) is 6.07. The average molecular weight is 283 g/mol. The van der Waals surface area contributed by atoms with E-state index in [9.17, 15) is 0 Å². The van der Waals surface area contributed by atoms with Crippen molar-refractivity contribution in [3.8, 4) is 0 Å². The Labute approximate surface area is 130 Å². The fourth-order valence-corrected chi connectivity index (χ4v) is 4.34. The van der Waals surface area contributed by atoms with E-state index in [2.05, 4.69) is 27.7 Å². The zero-order valence-electron chi connectivity index (χ0n) is 14.5. The molecule has 0 heterocycles. The highest BCUT2D eigenvalue weighted by Gasteiger charge is 2.39. The van der Waals surface area contributed by atoms with E-state index in [4.69, 9.17) is 0 Å². The second kappa shape index (κ2) is 9.11. The van der Waals surface area contributed by atoms with Crippen LogP contribution in [0.2, 0.25) is 0 Å². The minimum Gasteiger partial charge on any atom is -0.0776 e. The third kappa shape index (κ3) is 5.08. The SMILES string of the molecule is C.CC.CC(C)C1CCC2(CC1)CCC(C(C)C)CC2. The molecule has 2 saturated carbocycles. The molecule has 0 radical (unpaired) electrons. The lowest BCUT2D eigenvalue weighted by molar-refractivity contribution is 0.0547. The normalized spacial score (nSPS) is 33.6. The van der Waals surface area contributed by atoms with Crippen molar-refractivity contribution in [2.45, 2.75) is 100 Å². The van der Waals surface area contributed by atoms with Gasteiger partial charge in [0.25, 0.3) is 0 Å². The summed E-state index contributed by atoms with van der Waals surface area (Å²) in [6.07, 6.45) is 12.2. The summed E-state index contributed by atoms with van der Waals surface area (Å²) in [4.78, 5) is 0. The molecule has 0 saturated heterocycles. The molecule has 2 fully saturated rings. The summed E-state index contributed by atoms with van der Waals surface area (Å²) in [5.41, 5.74) is 0.788. The molecule has 0 heteroatoms. The number of hydrogen-bond donors (Lipinski definition) is 0. The van der Waals surface area contributed by atoms with E-state index < -0.39 is 0 Å². The van der Waals surface area contributed by atoms with Crippen LogP contribution >= 0.6 is 0 Å². The molecule has 0 aliphatic heterocycles. The summed E-state index contributed by atoms with van der Waals surface area (Å²) < 4.78 is 0. The fourth-order valence-electron chi connectivity index (χ4n) is 4.34. The van der Waals surface area contributed by atoms with Crippen molar-refractivity contribution in [1.82, 2.24) is 0 Å². The van der Waals surface area contributed by atoms with Gasteiger partial charge in [-0.05, 0) is 80.5 Å². The Morgan fingerprint density at radius 3 is 1.10 bits per heavy atom. The minimum atomic E-state index is 0. The highest BCUT2D eigenvalue weighted by Crippen LogP contribution is 2.51. The monoisotopic (exact) mass is 282 g/mol. The van der Waals surface area contributed by atoms with Gasteiger partial charge in [0.2, 0.25) is 0 Å². The Kier molecular flexibility index (Phi) is 9.11. The molecule has 0 aromatic heterocycles. The van der Waals surface area contributed by atoms with Gasteiger partial charge in [-0.25, -0.2) is 0 Å². The predicted octanol–water partition coefficient (Wildman–Crippen LogP) is 7.33. The largest absolute Gasteiger partial charge is 0.0776 e. The van der Waals surface area contributed by atoms with Crippen molar-refractivity contribution in [1.29, 1.82) is 0 Å². The van der Waals surface area contributed by atoms with Crippen LogP contribution in [0.5, 0.6) is 0 Å². The smallest absolute Gasteiger partial charge is 0.0297 e. The van der Waals surface area contributed by atoms with E-state index in [1.165, 1.54) is 25.7 Å². The van der Waals surface area contributed by atoms with Crippen molar-refractivity contribution in [3.63, 3.8) is 0 Å². The molecule has 0 N–H and O–H groups in total. The first-order chi connectivity index (χ1) is 9.02. The highest BCUT2D eigenvalue weighted by atomic mass is 14.4. The molecule has 2 rings (SSSR count). The summed E-state index contributed by atoms with van der Waals surface area (Å²) in [6.45, 7) is 13.7. The molecule has 0 atom stereocenters. The number of hydrogen-bond acceptors (Lipinski definition) is 0. The molecule has 20 heavy (non-hydrogen) atoms. The van der Waals surface area contributed by atoms with Crippen molar-refractivity contribution >= 4 is 0 Å². The van der Waals surface area contributed by atoms with Crippen molar-refractivity contribution in [2.75, 3.05) is 0 Å². The van der Waals surface area contributed by atoms with Crippen LogP contribution in [0.15, 0.2) is 0 Å². The van der Waals surface area contributed by atoms with E-state index >= 15 is 0 Å². The van der Waals surface area contributed by atoms with Crippen LogP contribution < -0.4 is 0 Å². The minimum absolute atomic E-state index is 0. The van der Waals surface area contributed by atoms with Gasteiger partial charge in [-0.2, -0.15) is 0 Å². The highest BCUT2D eigenvalue weighted by molar-refractivity contribution is 4.90. The lowest BCUT2D eigenvalue weighted by atomic mass is 9.59. The standard InChI is InChI=1S/C17H32.C2H6.CH4/c1-13(2)15-5-9-17(10-6-15)11-7-16(8-12-17)14(3)4;1-2;/h13-16H,5-12H2,1-4H3;1-2H3;1H4. The van der Waals surface area contributed by atoms with E-state index in [1.807, 2.05) is 13.8 Å². The molecule has 2 aliphatic carbocycles. The quantitative estimate of drug-likeness (QED) is 0.497. The van der Waals surface area contributed by atoms with Crippen LogP contribution in [0.3, 0.4) is 0 Å². The van der Waals surface area contributed by atoms with E-state index in [0.29, 0.717) is 0 Å². The number of rotatable bonds is 2. The Hall–Kier alpha value is 0. The zero-order chi connectivity index (χ0) is 14.5. The molecule has 0 bridgehead atoms. The van der Waals surface area contributed by atoms with Gasteiger partial charge in [0, 0.05) is 0 Å². The van der Waals surface area contributed by atoms with E-state index in [0.717, 1.165) is 29.1 Å². The van der Waals surface area contributed by atoms with Crippen molar-refractivity contribution in [2.24, 2.45) is 29.1 Å². The van der Waals surface area contributed by atoms with Gasteiger partial charge in [0.1, 0.15) is 0 Å². The van der Waals surface area contributed by atoms with Crippen LogP contribution in [-0.4, -0.2) is 0 Å². The molecular formula is C20H42. The molecule has 122 valence electrons. The van der Waals surface area contributed by atoms with E-state index in [-0.39, 0.29) is 7.43 Å². The zero-order valence-corrected chi connectivity index (χ0v) is 14.5. The maximum Gasteiger partial charge on any atom is -0.0297 e. The first kappa shape index (κ1) is 20.0. The second-order valence-corrected chi connectivity index (χ2v) is 7.66. The van der Waals surface area contributed by atoms with Gasteiger partial charge in [0.05, 0.1) is 0 Å². The molecule has 0 unspecified atom stereocenters. The second-order valence-electron chi connectivity index (χ2n) is 7.66. The molecule has 0 nitrogen and oxygen atoms in total. The summed E-state index contributed by atoms with van der Waals surface area (Å²) in [5.74, 6) is 3.89. The van der Waals surface area contributed by atoms with Crippen molar-refractivity contribution < 1.29 is 0 Å². The molecule has 1 spiro atoms. The summed E-state index contributed by atoms with van der Waals surface area (Å²) >= 11 is 0. The Balaban J connectivity index is 0.00000115. The molecule has 0 aromatic rings. The van der Waals surface area contributed by atoms with Gasteiger partial charge >= 0.3 is 0 Å². The summed E-state index contributed by atoms with van der Waals surface area (Å²) in [7, 11) is 0. The van der Waals surface area contributed by atoms with Gasteiger partial charge < -0.3 is 0 Å². The van der Waals surface area contributed by atoms with Gasteiger partial charge in [0.15, 0.2) is 0 Å². The average Bonchev–Trinajstić information content (AvgIpc) is 2.42. The Morgan fingerprint density at radius 1 is 0.650 bits per heavy atom. The maximum absolute atomic E-state index is 2.42. The van der Waals surface area contributed by atoms with Gasteiger partial charge in [-0.3, -0.25) is 0 Å². The third-order valence-electron chi connectivity index (χ3n) is 6.07. The molecule has 0 aromatic carbocycles. The fraction of sp³-hybridized carbons (Fsp3) is 1.00. The maximum atomic E-state index is 2.42. The van der Waals surface area contributed by atoms with Crippen LogP contribution in [-0.2, 0) is 0 Å². The van der Waals surface area contributed by atoms with Crippen molar-refractivity contribution in [3.05, 3.63) is 0 Å². The predicted molar refractivity (Wildman–Crippen MR) is 94.1 cm³/mol. The van der Waals surface area contributed by atoms with Crippen LogP contribution in [0.1, 0.15) is 100 Å². The molecule has 0 amide bonds. The van der Waals surface area contributed by atoms with E-state index in [1.54, 1.807) is 25.7 Å². The Morgan fingerprint density at radius 2 is 0.900 bits per heavy atom. The van der Waals surface area contributed by atoms with Crippen LogP contribution in [0, 0.1) is 29.1 Å². The lowest BCUT2D eigenvalue weighted by Crippen LogP contribution is -2.34. The summed E-state index contributed by atoms with van der Waals surface area (Å²) in [6, 6.07) is 0.